The molecule has 6 heteroatoms. The van der Waals surface area contributed by atoms with Crippen molar-refractivity contribution in [3.05, 3.63) is 76.6 Å². The van der Waals surface area contributed by atoms with E-state index in [1.54, 1.807) is 4.68 Å². The van der Waals surface area contributed by atoms with Gasteiger partial charge in [-0.15, -0.1) is 0 Å². The van der Waals surface area contributed by atoms with E-state index in [-0.39, 0.29) is 12.6 Å². The van der Waals surface area contributed by atoms with Crippen molar-refractivity contribution < 1.29 is 9.84 Å². The van der Waals surface area contributed by atoms with Crippen molar-refractivity contribution in [1.82, 2.24) is 15.1 Å². The van der Waals surface area contributed by atoms with Crippen LogP contribution in [-0.2, 0) is 13.2 Å². The summed E-state index contributed by atoms with van der Waals surface area (Å²) in [6.45, 7) is 7.32. The first kappa shape index (κ1) is 21.4. The van der Waals surface area contributed by atoms with Crippen molar-refractivity contribution in [1.29, 1.82) is 0 Å². The standard InChI is InChI=1S/C23H28ClN3O2/c1-16(2)22(14-28)25-13-18-9-11-20(12-10-18)29-15-21-17(3)26-27(23(21)24)19-7-5-4-6-8-19/h4-12,16,22,25,28H,13-15H2,1-3H3/t22-/m0/s1. The summed E-state index contributed by atoms with van der Waals surface area (Å²) in [7, 11) is 0. The maximum absolute atomic E-state index is 9.42. The highest BCUT2D eigenvalue weighted by Gasteiger charge is 2.15. The minimum atomic E-state index is 0.0946. The van der Waals surface area contributed by atoms with Crippen LogP contribution in [0.5, 0.6) is 5.75 Å². The van der Waals surface area contributed by atoms with E-state index in [9.17, 15) is 5.11 Å². The second kappa shape index (κ2) is 9.92. The Morgan fingerprint density at radius 1 is 1.10 bits per heavy atom. The molecule has 1 atom stereocenters. The number of ether oxygens (including phenoxy) is 1. The highest BCUT2D eigenvalue weighted by molar-refractivity contribution is 6.30. The van der Waals surface area contributed by atoms with Gasteiger partial charge < -0.3 is 15.2 Å². The number of hydrogen-bond acceptors (Lipinski definition) is 4. The van der Waals surface area contributed by atoms with Gasteiger partial charge in [-0.2, -0.15) is 5.10 Å². The zero-order chi connectivity index (χ0) is 20.8. The van der Waals surface area contributed by atoms with Crippen LogP contribution in [0.25, 0.3) is 5.69 Å². The first-order valence-corrected chi connectivity index (χ1v) is 10.2. The number of hydrogen-bond donors (Lipinski definition) is 2. The van der Waals surface area contributed by atoms with Crippen molar-refractivity contribution >= 4 is 11.6 Å². The van der Waals surface area contributed by atoms with Gasteiger partial charge in [-0.05, 0) is 42.7 Å². The maximum Gasteiger partial charge on any atom is 0.139 e. The molecule has 0 spiro atoms. The van der Waals surface area contributed by atoms with E-state index < -0.39 is 0 Å². The summed E-state index contributed by atoms with van der Waals surface area (Å²) in [5.74, 6) is 1.16. The molecule has 0 fully saturated rings. The second-order valence-corrected chi connectivity index (χ2v) is 7.81. The maximum atomic E-state index is 9.42. The molecule has 0 saturated carbocycles. The van der Waals surface area contributed by atoms with Gasteiger partial charge in [0.15, 0.2) is 0 Å². The summed E-state index contributed by atoms with van der Waals surface area (Å²) in [5, 5.41) is 17.9. The van der Waals surface area contributed by atoms with Crippen molar-refractivity contribution in [2.45, 2.75) is 40.0 Å². The number of halogens is 1. The van der Waals surface area contributed by atoms with E-state index >= 15 is 0 Å². The molecule has 154 valence electrons. The third kappa shape index (κ3) is 5.38. The molecular formula is C23H28ClN3O2. The van der Waals surface area contributed by atoms with Gasteiger partial charge >= 0.3 is 0 Å². The van der Waals surface area contributed by atoms with Gasteiger partial charge in [-0.3, -0.25) is 0 Å². The highest BCUT2D eigenvalue weighted by atomic mass is 35.5. The van der Waals surface area contributed by atoms with Crippen molar-refractivity contribution in [3.63, 3.8) is 0 Å². The third-order valence-electron chi connectivity index (χ3n) is 5.00. The molecule has 1 heterocycles. The number of aliphatic hydroxyl groups excluding tert-OH is 1. The largest absolute Gasteiger partial charge is 0.489 e. The number of nitrogens with one attached hydrogen (secondary N) is 1. The fraction of sp³-hybridized carbons (Fsp3) is 0.348. The van der Waals surface area contributed by atoms with E-state index in [0.29, 0.717) is 24.2 Å². The van der Waals surface area contributed by atoms with Gasteiger partial charge in [-0.25, -0.2) is 4.68 Å². The minimum absolute atomic E-state index is 0.0946. The van der Waals surface area contributed by atoms with E-state index in [4.69, 9.17) is 16.3 Å². The topological polar surface area (TPSA) is 59.3 Å². The van der Waals surface area contributed by atoms with Crippen molar-refractivity contribution in [2.24, 2.45) is 5.92 Å². The van der Waals surface area contributed by atoms with Gasteiger partial charge in [0, 0.05) is 18.2 Å². The summed E-state index contributed by atoms with van der Waals surface area (Å²) < 4.78 is 7.68. The Bertz CT molecular complexity index is 908. The van der Waals surface area contributed by atoms with Crippen LogP contribution in [0.15, 0.2) is 54.6 Å². The number of aliphatic hydroxyl groups is 1. The second-order valence-electron chi connectivity index (χ2n) is 7.45. The Kier molecular flexibility index (Phi) is 7.31. The van der Waals surface area contributed by atoms with Crippen LogP contribution < -0.4 is 10.1 Å². The monoisotopic (exact) mass is 413 g/mol. The lowest BCUT2D eigenvalue weighted by Crippen LogP contribution is -2.36. The zero-order valence-electron chi connectivity index (χ0n) is 17.1. The lowest BCUT2D eigenvalue weighted by atomic mass is 10.1. The van der Waals surface area contributed by atoms with Crippen molar-refractivity contribution in [2.75, 3.05) is 6.61 Å². The summed E-state index contributed by atoms with van der Waals surface area (Å²) in [5.41, 5.74) is 3.79. The first-order valence-electron chi connectivity index (χ1n) is 9.85. The van der Waals surface area contributed by atoms with E-state index in [1.165, 1.54) is 0 Å². The zero-order valence-corrected chi connectivity index (χ0v) is 17.9. The molecule has 5 nitrogen and oxygen atoms in total. The smallest absolute Gasteiger partial charge is 0.139 e. The molecule has 3 aromatic rings. The van der Waals surface area contributed by atoms with Crippen LogP contribution in [0.1, 0.15) is 30.7 Å². The predicted octanol–water partition coefficient (Wildman–Crippen LogP) is 4.52. The van der Waals surface area contributed by atoms with Gasteiger partial charge in [0.2, 0.25) is 0 Å². The van der Waals surface area contributed by atoms with Crippen LogP contribution in [0.4, 0.5) is 0 Å². The van der Waals surface area contributed by atoms with Crippen LogP contribution in [-0.4, -0.2) is 27.5 Å². The summed E-state index contributed by atoms with van der Waals surface area (Å²) in [4.78, 5) is 0. The average molecular weight is 414 g/mol. The van der Waals surface area contributed by atoms with Crippen molar-refractivity contribution in [3.8, 4) is 11.4 Å². The summed E-state index contributed by atoms with van der Waals surface area (Å²) in [6, 6.07) is 17.9. The van der Waals surface area contributed by atoms with Crippen LogP contribution >= 0.6 is 11.6 Å². The Morgan fingerprint density at radius 3 is 2.41 bits per heavy atom. The summed E-state index contributed by atoms with van der Waals surface area (Å²) in [6.07, 6.45) is 0. The first-order chi connectivity index (χ1) is 14.0. The molecular weight excluding hydrogens is 386 g/mol. The Labute approximate surface area is 177 Å². The van der Waals surface area contributed by atoms with Gasteiger partial charge in [0.25, 0.3) is 0 Å². The quantitative estimate of drug-likeness (QED) is 0.541. The molecule has 0 bridgehead atoms. The molecule has 0 aliphatic rings. The number of benzene rings is 2. The Balaban J connectivity index is 1.61. The van der Waals surface area contributed by atoms with Crippen LogP contribution in [0.3, 0.4) is 0 Å². The average Bonchev–Trinajstić information content (AvgIpc) is 3.02. The molecule has 0 saturated heterocycles. The van der Waals surface area contributed by atoms with E-state index in [2.05, 4.69) is 24.3 Å². The van der Waals surface area contributed by atoms with E-state index in [1.807, 2.05) is 61.5 Å². The number of nitrogens with zero attached hydrogens (tertiary/aromatic N) is 2. The van der Waals surface area contributed by atoms with Gasteiger partial charge in [0.05, 0.1) is 18.0 Å². The number of para-hydroxylation sites is 1. The Hall–Kier alpha value is -2.34. The summed E-state index contributed by atoms with van der Waals surface area (Å²) >= 11 is 6.56. The molecule has 0 amide bonds. The van der Waals surface area contributed by atoms with Gasteiger partial charge in [0.1, 0.15) is 17.5 Å². The lowest BCUT2D eigenvalue weighted by Gasteiger charge is -2.20. The van der Waals surface area contributed by atoms with Gasteiger partial charge in [-0.1, -0.05) is 55.8 Å². The fourth-order valence-corrected chi connectivity index (χ4v) is 3.38. The highest BCUT2D eigenvalue weighted by Crippen LogP contribution is 2.25. The molecule has 3 rings (SSSR count). The normalized spacial score (nSPS) is 12.3. The van der Waals surface area contributed by atoms with Crippen LogP contribution in [0, 0.1) is 12.8 Å². The molecule has 2 N–H and O–H groups in total. The molecule has 1 aromatic heterocycles. The predicted molar refractivity (Wildman–Crippen MR) is 117 cm³/mol. The number of rotatable bonds is 9. The van der Waals surface area contributed by atoms with Crippen LogP contribution in [0.2, 0.25) is 5.15 Å². The Morgan fingerprint density at radius 2 is 1.79 bits per heavy atom. The lowest BCUT2D eigenvalue weighted by molar-refractivity contribution is 0.210. The third-order valence-corrected chi connectivity index (χ3v) is 5.39. The number of aromatic nitrogens is 2. The minimum Gasteiger partial charge on any atom is -0.489 e. The number of aryl methyl sites for hydroxylation is 1. The molecule has 29 heavy (non-hydrogen) atoms. The fourth-order valence-electron chi connectivity index (χ4n) is 3.05. The molecule has 0 aliphatic carbocycles. The van der Waals surface area contributed by atoms with E-state index in [0.717, 1.165) is 28.3 Å². The molecule has 2 aromatic carbocycles. The molecule has 0 radical (unpaired) electrons. The molecule has 0 aliphatic heterocycles. The SMILES string of the molecule is Cc1nn(-c2ccccc2)c(Cl)c1COc1ccc(CN[C@@H](CO)C(C)C)cc1. The molecule has 0 unspecified atom stereocenters.